The number of hydrogen-bond donors (Lipinski definition) is 1. The molecule has 2 aromatic rings. The van der Waals surface area contributed by atoms with Crippen molar-refractivity contribution < 1.29 is 14.1 Å². The van der Waals surface area contributed by atoms with Crippen molar-refractivity contribution in [1.29, 1.82) is 0 Å². The molecule has 6 heteroatoms. The summed E-state index contributed by atoms with van der Waals surface area (Å²) in [7, 11) is 1.74. The number of nitrogens with zero attached hydrogens (tertiary/aromatic N) is 1. The minimum absolute atomic E-state index is 0.0791. The lowest BCUT2D eigenvalue weighted by molar-refractivity contribution is -0.384. The molecule has 5 nitrogen and oxygen atoms in total. The SMILES string of the molecule is CNCc1cccc(F)c1Oc1cc([N+](=O)[O-])ccc1C. The molecular weight excluding hydrogens is 275 g/mol. The van der Waals surface area contributed by atoms with Crippen LogP contribution in [0, 0.1) is 22.9 Å². The molecule has 1 N–H and O–H groups in total. The van der Waals surface area contributed by atoms with Crippen LogP contribution in [0.5, 0.6) is 11.5 Å². The Kier molecular flexibility index (Phi) is 4.49. The Morgan fingerprint density at radius 2 is 2.10 bits per heavy atom. The molecule has 0 aromatic heterocycles. The van der Waals surface area contributed by atoms with Crippen LogP contribution in [0.4, 0.5) is 10.1 Å². The number of hydrogen-bond acceptors (Lipinski definition) is 4. The summed E-state index contributed by atoms with van der Waals surface area (Å²) in [6.45, 7) is 2.18. The summed E-state index contributed by atoms with van der Waals surface area (Å²) in [6, 6.07) is 8.88. The van der Waals surface area contributed by atoms with Crippen LogP contribution in [0.3, 0.4) is 0 Å². The number of para-hydroxylation sites is 1. The van der Waals surface area contributed by atoms with Crippen LogP contribution in [-0.2, 0) is 6.54 Å². The first-order valence-electron chi connectivity index (χ1n) is 6.38. The van der Waals surface area contributed by atoms with Gasteiger partial charge < -0.3 is 10.1 Å². The fraction of sp³-hybridized carbons (Fsp3) is 0.200. The van der Waals surface area contributed by atoms with Gasteiger partial charge in [0.25, 0.3) is 5.69 Å². The van der Waals surface area contributed by atoms with Crippen molar-refractivity contribution in [2.45, 2.75) is 13.5 Å². The molecule has 0 aliphatic heterocycles. The van der Waals surface area contributed by atoms with Gasteiger partial charge in [-0.2, -0.15) is 0 Å². The van der Waals surface area contributed by atoms with E-state index in [-0.39, 0.29) is 17.2 Å². The number of halogens is 1. The highest BCUT2D eigenvalue weighted by molar-refractivity contribution is 5.47. The van der Waals surface area contributed by atoms with Gasteiger partial charge in [-0.1, -0.05) is 12.1 Å². The second kappa shape index (κ2) is 6.32. The molecule has 0 atom stereocenters. The van der Waals surface area contributed by atoms with Crippen LogP contribution in [0.15, 0.2) is 36.4 Å². The minimum Gasteiger partial charge on any atom is -0.453 e. The molecule has 0 aliphatic carbocycles. The highest BCUT2D eigenvalue weighted by atomic mass is 19.1. The van der Waals surface area contributed by atoms with Gasteiger partial charge in [0, 0.05) is 18.2 Å². The molecule has 0 fully saturated rings. The summed E-state index contributed by atoms with van der Waals surface area (Å²) >= 11 is 0. The van der Waals surface area contributed by atoms with Crippen LogP contribution in [0.2, 0.25) is 0 Å². The summed E-state index contributed by atoms with van der Waals surface area (Å²) in [6.07, 6.45) is 0. The average molecular weight is 290 g/mol. The second-order valence-corrected chi connectivity index (χ2v) is 4.57. The van der Waals surface area contributed by atoms with E-state index in [4.69, 9.17) is 4.74 Å². The van der Waals surface area contributed by atoms with Gasteiger partial charge >= 0.3 is 0 Å². The summed E-state index contributed by atoms with van der Waals surface area (Å²) in [4.78, 5) is 10.3. The minimum atomic E-state index is -0.512. The molecular formula is C15H15FN2O3. The first-order chi connectivity index (χ1) is 10.0. The molecule has 0 radical (unpaired) electrons. The number of nitro groups is 1. The van der Waals surface area contributed by atoms with Crippen LogP contribution in [0.1, 0.15) is 11.1 Å². The Hall–Kier alpha value is -2.47. The van der Waals surface area contributed by atoms with Gasteiger partial charge in [-0.05, 0) is 31.7 Å². The summed E-state index contributed by atoms with van der Waals surface area (Å²) in [5, 5.41) is 13.7. The van der Waals surface area contributed by atoms with Crippen molar-refractivity contribution >= 4 is 5.69 Å². The summed E-state index contributed by atoms with van der Waals surface area (Å²) in [5.41, 5.74) is 1.24. The van der Waals surface area contributed by atoms with Gasteiger partial charge in [0.1, 0.15) is 5.75 Å². The lowest BCUT2D eigenvalue weighted by Gasteiger charge is -2.13. The first-order valence-corrected chi connectivity index (χ1v) is 6.38. The van der Waals surface area contributed by atoms with E-state index in [1.165, 1.54) is 18.2 Å². The maximum atomic E-state index is 14.0. The fourth-order valence-electron chi connectivity index (χ4n) is 1.92. The number of rotatable bonds is 5. The molecule has 21 heavy (non-hydrogen) atoms. The van der Waals surface area contributed by atoms with Crippen molar-refractivity contribution in [3.05, 3.63) is 63.5 Å². The maximum Gasteiger partial charge on any atom is 0.273 e. The van der Waals surface area contributed by atoms with Gasteiger partial charge in [-0.25, -0.2) is 4.39 Å². The third kappa shape index (κ3) is 3.35. The molecule has 0 amide bonds. The maximum absolute atomic E-state index is 14.0. The largest absolute Gasteiger partial charge is 0.453 e. The number of nitro benzene ring substituents is 1. The van der Waals surface area contributed by atoms with Crippen molar-refractivity contribution in [3.8, 4) is 11.5 Å². The molecule has 0 saturated heterocycles. The van der Waals surface area contributed by atoms with Crippen molar-refractivity contribution in [3.63, 3.8) is 0 Å². The molecule has 0 bridgehead atoms. The topological polar surface area (TPSA) is 64.4 Å². The number of nitrogens with one attached hydrogen (secondary N) is 1. The third-order valence-corrected chi connectivity index (χ3v) is 3.01. The smallest absolute Gasteiger partial charge is 0.273 e. The predicted molar refractivity (Wildman–Crippen MR) is 77.1 cm³/mol. The predicted octanol–water partition coefficient (Wildman–Crippen LogP) is 3.55. The van der Waals surface area contributed by atoms with E-state index in [1.54, 1.807) is 32.2 Å². The number of non-ortho nitro benzene ring substituents is 1. The van der Waals surface area contributed by atoms with E-state index < -0.39 is 10.7 Å². The van der Waals surface area contributed by atoms with Gasteiger partial charge in [0.15, 0.2) is 11.6 Å². The Bertz CT molecular complexity index is 674. The van der Waals surface area contributed by atoms with E-state index in [9.17, 15) is 14.5 Å². The molecule has 2 aromatic carbocycles. The van der Waals surface area contributed by atoms with Crippen molar-refractivity contribution in [2.75, 3.05) is 7.05 Å². The molecule has 0 unspecified atom stereocenters. The lowest BCUT2D eigenvalue weighted by Crippen LogP contribution is -2.07. The normalized spacial score (nSPS) is 10.4. The third-order valence-electron chi connectivity index (χ3n) is 3.01. The van der Waals surface area contributed by atoms with E-state index in [2.05, 4.69) is 5.32 Å². The Labute approximate surface area is 121 Å². The number of benzene rings is 2. The molecule has 0 heterocycles. The van der Waals surface area contributed by atoms with Crippen LogP contribution in [0.25, 0.3) is 0 Å². The lowest BCUT2D eigenvalue weighted by atomic mass is 10.1. The molecule has 110 valence electrons. The quantitative estimate of drug-likeness (QED) is 0.675. The molecule has 0 aliphatic rings. The zero-order valence-electron chi connectivity index (χ0n) is 11.7. The molecule has 0 spiro atoms. The zero-order chi connectivity index (χ0) is 15.4. The van der Waals surface area contributed by atoms with Gasteiger partial charge in [-0.3, -0.25) is 10.1 Å². The fourth-order valence-corrected chi connectivity index (χ4v) is 1.92. The number of ether oxygens (including phenoxy) is 1. The average Bonchev–Trinajstić information content (AvgIpc) is 2.44. The van der Waals surface area contributed by atoms with Gasteiger partial charge in [-0.15, -0.1) is 0 Å². The van der Waals surface area contributed by atoms with Crippen LogP contribution >= 0.6 is 0 Å². The summed E-state index contributed by atoms with van der Waals surface area (Å²) in [5.74, 6) is -0.157. The van der Waals surface area contributed by atoms with Crippen LogP contribution < -0.4 is 10.1 Å². The van der Waals surface area contributed by atoms with E-state index in [0.29, 0.717) is 17.7 Å². The highest BCUT2D eigenvalue weighted by Crippen LogP contribution is 2.32. The monoisotopic (exact) mass is 290 g/mol. The standard InChI is InChI=1S/C15H15FN2O3/c1-10-6-7-12(18(19)20)8-14(10)21-15-11(9-17-2)4-3-5-13(15)16/h3-8,17H,9H2,1-2H3. The van der Waals surface area contributed by atoms with Crippen molar-refractivity contribution in [1.82, 2.24) is 5.32 Å². The zero-order valence-corrected chi connectivity index (χ0v) is 11.7. The van der Waals surface area contributed by atoms with Gasteiger partial charge in [0.05, 0.1) is 11.0 Å². The van der Waals surface area contributed by atoms with Crippen LogP contribution in [-0.4, -0.2) is 12.0 Å². The Morgan fingerprint density at radius 3 is 2.76 bits per heavy atom. The van der Waals surface area contributed by atoms with E-state index in [1.807, 2.05) is 0 Å². The van der Waals surface area contributed by atoms with Gasteiger partial charge in [0.2, 0.25) is 0 Å². The number of aryl methyl sites for hydroxylation is 1. The molecule has 2 rings (SSSR count). The highest BCUT2D eigenvalue weighted by Gasteiger charge is 2.15. The molecule has 0 saturated carbocycles. The Morgan fingerprint density at radius 1 is 1.33 bits per heavy atom. The first kappa shape index (κ1) is 14.9. The second-order valence-electron chi connectivity index (χ2n) is 4.57. The Balaban J connectivity index is 2.42. The van der Waals surface area contributed by atoms with E-state index >= 15 is 0 Å². The van der Waals surface area contributed by atoms with E-state index in [0.717, 1.165) is 0 Å². The summed E-state index contributed by atoms with van der Waals surface area (Å²) < 4.78 is 19.6. The van der Waals surface area contributed by atoms with Crippen molar-refractivity contribution in [2.24, 2.45) is 0 Å².